The first kappa shape index (κ1) is 13.2. The highest BCUT2D eigenvalue weighted by atomic mass is 16.5. The van der Waals surface area contributed by atoms with E-state index < -0.39 is 0 Å². The first-order chi connectivity index (χ1) is 8.74. The summed E-state index contributed by atoms with van der Waals surface area (Å²) in [5, 5.41) is 0. The number of rotatable bonds is 4. The van der Waals surface area contributed by atoms with Crippen molar-refractivity contribution in [3.05, 3.63) is 23.8 Å². The molecular weight excluding hydrogens is 226 g/mol. The van der Waals surface area contributed by atoms with Gasteiger partial charge >= 0.3 is 0 Å². The molecule has 1 unspecified atom stereocenters. The highest BCUT2D eigenvalue weighted by Gasteiger charge is 2.21. The van der Waals surface area contributed by atoms with E-state index in [-0.39, 0.29) is 0 Å². The zero-order valence-corrected chi connectivity index (χ0v) is 11.7. The fourth-order valence-electron chi connectivity index (χ4n) is 2.92. The number of hydrogen-bond donors (Lipinski definition) is 1. The van der Waals surface area contributed by atoms with Gasteiger partial charge in [-0.1, -0.05) is 13.0 Å². The third kappa shape index (κ3) is 2.96. The van der Waals surface area contributed by atoms with Crippen molar-refractivity contribution in [3.8, 4) is 11.5 Å². The van der Waals surface area contributed by atoms with Crippen LogP contribution in [0.2, 0.25) is 0 Å². The molecule has 0 amide bonds. The smallest absolute Gasteiger partial charge is 0.169 e. The summed E-state index contributed by atoms with van der Waals surface area (Å²) >= 11 is 0. The second-order valence-corrected chi connectivity index (χ2v) is 5.28. The molecule has 1 aromatic carbocycles. The van der Waals surface area contributed by atoms with Gasteiger partial charge in [-0.2, -0.15) is 0 Å². The molecule has 0 bridgehead atoms. The average Bonchev–Trinajstić information content (AvgIpc) is 2.38. The molecule has 0 aromatic heterocycles. The minimum atomic E-state index is 0.833. The second kappa shape index (κ2) is 6.10. The maximum Gasteiger partial charge on any atom is 0.169 e. The van der Waals surface area contributed by atoms with Crippen molar-refractivity contribution in [1.29, 1.82) is 0 Å². The molecule has 1 heterocycles. The Morgan fingerprint density at radius 3 is 2.78 bits per heavy atom. The standard InChI is InChI=1S/C15H23NO2/c1-12-6-5-9-16(10-12)11-13-7-4-8-14(17-2)15(13)18-3/h4,7-8,12H,5-6,9-11H2,1-3H3/p+1/t12-/m0/s1. The van der Waals surface area contributed by atoms with Gasteiger partial charge in [-0.25, -0.2) is 0 Å². The lowest BCUT2D eigenvalue weighted by Gasteiger charge is -2.28. The van der Waals surface area contributed by atoms with Gasteiger partial charge in [0.1, 0.15) is 6.54 Å². The average molecular weight is 250 g/mol. The van der Waals surface area contributed by atoms with Gasteiger partial charge in [0.05, 0.1) is 32.9 Å². The fraction of sp³-hybridized carbons (Fsp3) is 0.600. The summed E-state index contributed by atoms with van der Waals surface area (Å²) in [5.74, 6) is 2.57. The van der Waals surface area contributed by atoms with E-state index in [1.807, 2.05) is 12.1 Å². The van der Waals surface area contributed by atoms with Crippen LogP contribution in [0.15, 0.2) is 18.2 Å². The minimum absolute atomic E-state index is 0.833. The number of likely N-dealkylation sites (tertiary alicyclic amines) is 1. The van der Waals surface area contributed by atoms with Crippen LogP contribution in [-0.2, 0) is 6.54 Å². The normalized spacial score (nSPS) is 23.7. The number of methoxy groups -OCH3 is 2. The number of nitrogens with one attached hydrogen (secondary N) is 1. The van der Waals surface area contributed by atoms with Crippen LogP contribution < -0.4 is 14.4 Å². The van der Waals surface area contributed by atoms with Crippen molar-refractivity contribution < 1.29 is 14.4 Å². The zero-order chi connectivity index (χ0) is 13.0. The highest BCUT2D eigenvalue weighted by Crippen LogP contribution is 2.30. The van der Waals surface area contributed by atoms with Gasteiger partial charge in [0.25, 0.3) is 0 Å². The van der Waals surface area contributed by atoms with Crippen molar-refractivity contribution in [1.82, 2.24) is 0 Å². The van der Waals surface area contributed by atoms with Crippen LogP contribution in [0.5, 0.6) is 11.5 Å². The molecule has 3 heteroatoms. The third-order valence-corrected chi connectivity index (χ3v) is 3.79. The molecule has 1 aliphatic heterocycles. The summed E-state index contributed by atoms with van der Waals surface area (Å²) in [5.41, 5.74) is 1.25. The van der Waals surface area contributed by atoms with Crippen molar-refractivity contribution in [2.75, 3.05) is 27.3 Å². The molecule has 2 rings (SSSR count). The van der Waals surface area contributed by atoms with E-state index >= 15 is 0 Å². The predicted molar refractivity (Wildman–Crippen MR) is 72.3 cm³/mol. The van der Waals surface area contributed by atoms with Gasteiger partial charge < -0.3 is 14.4 Å². The number of quaternary nitrogens is 1. The molecule has 1 aliphatic rings. The molecule has 0 spiro atoms. The number of hydrogen-bond acceptors (Lipinski definition) is 2. The van der Waals surface area contributed by atoms with Crippen molar-refractivity contribution in [2.45, 2.75) is 26.3 Å². The minimum Gasteiger partial charge on any atom is -0.493 e. The summed E-state index contributed by atoms with van der Waals surface area (Å²) in [6.45, 7) is 5.91. The topological polar surface area (TPSA) is 22.9 Å². The van der Waals surface area contributed by atoms with Crippen LogP contribution in [0.4, 0.5) is 0 Å². The van der Waals surface area contributed by atoms with Crippen LogP contribution >= 0.6 is 0 Å². The van der Waals surface area contributed by atoms with Crippen molar-refractivity contribution in [3.63, 3.8) is 0 Å². The van der Waals surface area contributed by atoms with Crippen LogP contribution in [0, 0.1) is 5.92 Å². The lowest BCUT2D eigenvalue weighted by atomic mass is 9.99. The van der Waals surface area contributed by atoms with E-state index in [1.54, 1.807) is 19.1 Å². The van der Waals surface area contributed by atoms with Gasteiger partial charge in [0.15, 0.2) is 11.5 Å². The molecule has 100 valence electrons. The third-order valence-electron chi connectivity index (χ3n) is 3.79. The van der Waals surface area contributed by atoms with E-state index in [4.69, 9.17) is 9.47 Å². The van der Waals surface area contributed by atoms with E-state index in [2.05, 4.69) is 13.0 Å². The van der Waals surface area contributed by atoms with E-state index in [0.29, 0.717) is 0 Å². The lowest BCUT2D eigenvalue weighted by Crippen LogP contribution is -3.12. The van der Waals surface area contributed by atoms with Crippen LogP contribution in [-0.4, -0.2) is 27.3 Å². The maximum absolute atomic E-state index is 5.50. The Labute approximate surface area is 110 Å². The molecule has 1 aromatic rings. The molecule has 1 saturated heterocycles. The van der Waals surface area contributed by atoms with Gasteiger partial charge in [0.2, 0.25) is 0 Å². The fourth-order valence-corrected chi connectivity index (χ4v) is 2.92. The summed E-state index contributed by atoms with van der Waals surface area (Å²) in [7, 11) is 3.41. The number of piperidine rings is 1. The molecule has 2 atom stereocenters. The van der Waals surface area contributed by atoms with Crippen LogP contribution in [0.1, 0.15) is 25.3 Å². The quantitative estimate of drug-likeness (QED) is 0.875. The first-order valence-corrected chi connectivity index (χ1v) is 6.78. The number of para-hydroxylation sites is 1. The van der Waals surface area contributed by atoms with E-state index in [1.165, 1.54) is 31.5 Å². The van der Waals surface area contributed by atoms with Gasteiger partial charge in [0, 0.05) is 5.92 Å². The Morgan fingerprint density at radius 1 is 1.28 bits per heavy atom. The molecule has 0 aliphatic carbocycles. The van der Waals surface area contributed by atoms with Crippen molar-refractivity contribution >= 4 is 0 Å². The van der Waals surface area contributed by atoms with Crippen LogP contribution in [0.3, 0.4) is 0 Å². The molecule has 1 N–H and O–H groups in total. The van der Waals surface area contributed by atoms with Crippen LogP contribution in [0.25, 0.3) is 0 Å². The van der Waals surface area contributed by atoms with Gasteiger partial charge in [-0.15, -0.1) is 0 Å². The molecule has 0 saturated carbocycles. The second-order valence-electron chi connectivity index (χ2n) is 5.28. The van der Waals surface area contributed by atoms with E-state index in [0.717, 1.165) is 24.0 Å². The Hall–Kier alpha value is -1.22. The monoisotopic (exact) mass is 250 g/mol. The molecular formula is C15H24NO2+. The first-order valence-electron chi connectivity index (χ1n) is 6.78. The van der Waals surface area contributed by atoms with Gasteiger partial charge in [-0.3, -0.25) is 0 Å². The molecule has 18 heavy (non-hydrogen) atoms. The summed E-state index contributed by atoms with van der Waals surface area (Å²) < 4.78 is 10.9. The highest BCUT2D eigenvalue weighted by molar-refractivity contribution is 5.46. The molecule has 1 fully saturated rings. The largest absolute Gasteiger partial charge is 0.493 e. The number of benzene rings is 1. The number of ether oxygens (including phenoxy) is 2. The predicted octanol–water partition coefficient (Wildman–Crippen LogP) is 1.52. The zero-order valence-electron chi connectivity index (χ0n) is 11.7. The summed E-state index contributed by atoms with van der Waals surface area (Å²) in [6, 6.07) is 6.15. The van der Waals surface area contributed by atoms with E-state index in [9.17, 15) is 0 Å². The summed E-state index contributed by atoms with van der Waals surface area (Å²) in [4.78, 5) is 1.65. The molecule has 0 radical (unpaired) electrons. The SMILES string of the molecule is COc1cccc(C[NH+]2CCC[C@H](C)C2)c1OC. The Bertz CT molecular complexity index is 392. The van der Waals surface area contributed by atoms with Gasteiger partial charge in [-0.05, 0) is 25.0 Å². The maximum atomic E-state index is 5.50. The lowest BCUT2D eigenvalue weighted by molar-refractivity contribution is -0.922. The Balaban J connectivity index is 2.12. The Morgan fingerprint density at radius 2 is 2.11 bits per heavy atom. The Kier molecular flexibility index (Phi) is 4.48. The summed E-state index contributed by atoms with van der Waals surface area (Å²) in [6.07, 6.45) is 2.71. The van der Waals surface area contributed by atoms with Crippen molar-refractivity contribution in [2.24, 2.45) is 5.92 Å². The molecule has 3 nitrogen and oxygen atoms in total.